The smallest absolute Gasteiger partial charge is 0.227 e. The number of rotatable bonds is 6. The van der Waals surface area contributed by atoms with Gasteiger partial charge in [0.1, 0.15) is 5.82 Å². The first kappa shape index (κ1) is 14.7. The highest BCUT2D eigenvalue weighted by atomic mass is 19.1. The molecule has 1 N–H and O–H groups in total. The molecule has 4 nitrogen and oxygen atoms in total. The van der Waals surface area contributed by atoms with Crippen LogP contribution < -0.4 is 5.32 Å². The summed E-state index contributed by atoms with van der Waals surface area (Å²) in [6, 6.07) is 5.36. The zero-order valence-corrected chi connectivity index (χ0v) is 12.1. The number of aromatic nitrogens is 2. The minimum Gasteiger partial charge on any atom is -0.339 e. The van der Waals surface area contributed by atoms with Gasteiger partial charge in [0.15, 0.2) is 0 Å². The van der Waals surface area contributed by atoms with Crippen molar-refractivity contribution < 1.29 is 8.91 Å². The number of nitrogens with one attached hydrogen (secondary N) is 1. The van der Waals surface area contributed by atoms with Crippen molar-refractivity contribution in [2.75, 3.05) is 6.54 Å². The summed E-state index contributed by atoms with van der Waals surface area (Å²) in [7, 11) is 0. The molecule has 0 saturated carbocycles. The van der Waals surface area contributed by atoms with Crippen LogP contribution in [0.3, 0.4) is 0 Å². The van der Waals surface area contributed by atoms with E-state index in [1.54, 1.807) is 19.1 Å². The highest BCUT2D eigenvalue weighted by Crippen LogP contribution is 2.19. The van der Waals surface area contributed by atoms with Gasteiger partial charge in [-0.3, -0.25) is 0 Å². The molecular weight excluding hydrogens is 257 g/mol. The lowest BCUT2D eigenvalue weighted by Gasteiger charge is -2.09. The molecular formula is C15H20FN3O. The molecule has 20 heavy (non-hydrogen) atoms. The Morgan fingerprint density at radius 1 is 1.40 bits per heavy atom. The van der Waals surface area contributed by atoms with E-state index in [0.717, 1.165) is 19.4 Å². The SMILES string of the molecule is CCNC(C)CCc1nc(-c2ccc(C)c(F)c2)no1. The van der Waals surface area contributed by atoms with Gasteiger partial charge in [0.2, 0.25) is 11.7 Å². The van der Waals surface area contributed by atoms with Gasteiger partial charge in [-0.15, -0.1) is 0 Å². The first-order chi connectivity index (χ1) is 9.60. The average Bonchev–Trinajstić information content (AvgIpc) is 2.89. The zero-order valence-electron chi connectivity index (χ0n) is 12.1. The van der Waals surface area contributed by atoms with Gasteiger partial charge in [-0.1, -0.05) is 24.2 Å². The van der Waals surface area contributed by atoms with Crippen molar-refractivity contribution in [3.05, 3.63) is 35.5 Å². The van der Waals surface area contributed by atoms with Crippen LogP contribution in [0.4, 0.5) is 4.39 Å². The largest absolute Gasteiger partial charge is 0.339 e. The summed E-state index contributed by atoms with van der Waals surface area (Å²) in [6.45, 7) is 6.87. The van der Waals surface area contributed by atoms with Crippen LogP contribution in [0.15, 0.2) is 22.7 Å². The minimum absolute atomic E-state index is 0.255. The minimum atomic E-state index is -0.255. The molecule has 1 aromatic carbocycles. The third-order valence-corrected chi connectivity index (χ3v) is 3.24. The Balaban J connectivity index is 2.03. The van der Waals surface area contributed by atoms with Crippen molar-refractivity contribution in [1.82, 2.24) is 15.5 Å². The number of hydrogen-bond donors (Lipinski definition) is 1. The molecule has 0 radical (unpaired) electrons. The predicted molar refractivity (Wildman–Crippen MR) is 75.9 cm³/mol. The van der Waals surface area contributed by atoms with E-state index in [4.69, 9.17) is 4.52 Å². The third kappa shape index (κ3) is 3.63. The maximum Gasteiger partial charge on any atom is 0.227 e. The summed E-state index contributed by atoms with van der Waals surface area (Å²) in [5.41, 5.74) is 1.25. The van der Waals surface area contributed by atoms with Crippen LogP contribution >= 0.6 is 0 Å². The molecule has 0 bridgehead atoms. The van der Waals surface area contributed by atoms with Crippen molar-refractivity contribution in [2.45, 2.75) is 39.7 Å². The van der Waals surface area contributed by atoms with Crippen LogP contribution in [-0.4, -0.2) is 22.7 Å². The van der Waals surface area contributed by atoms with Gasteiger partial charge < -0.3 is 9.84 Å². The standard InChI is InChI=1S/C15H20FN3O/c1-4-17-11(3)6-8-14-18-15(19-20-14)12-7-5-10(2)13(16)9-12/h5,7,9,11,17H,4,6,8H2,1-3H3. The molecule has 0 fully saturated rings. The Morgan fingerprint density at radius 2 is 2.20 bits per heavy atom. The second-order valence-electron chi connectivity index (χ2n) is 4.97. The van der Waals surface area contributed by atoms with Crippen LogP contribution in [0.5, 0.6) is 0 Å². The number of benzene rings is 1. The molecule has 0 saturated heterocycles. The normalized spacial score (nSPS) is 12.6. The molecule has 1 atom stereocenters. The maximum atomic E-state index is 13.5. The summed E-state index contributed by atoms with van der Waals surface area (Å²) in [4.78, 5) is 4.31. The molecule has 0 amide bonds. The maximum absolute atomic E-state index is 13.5. The summed E-state index contributed by atoms with van der Waals surface area (Å²) in [6.07, 6.45) is 1.65. The van der Waals surface area contributed by atoms with Crippen LogP contribution in [-0.2, 0) is 6.42 Å². The van der Waals surface area contributed by atoms with Gasteiger partial charge in [-0.05, 0) is 38.4 Å². The lowest BCUT2D eigenvalue weighted by Crippen LogP contribution is -2.25. The molecule has 0 aliphatic heterocycles. The fraction of sp³-hybridized carbons (Fsp3) is 0.467. The quantitative estimate of drug-likeness (QED) is 0.881. The molecule has 5 heteroatoms. The lowest BCUT2D eigenvalue weighted by molar-refractivity contribution is 0.368. The Morgan fingerprint density at radius 3 is 2.90 bits per heavy atom. The van der Waals surface area contributed by atoms with Gasteiger partial charge in [-0.2, -0.15) is 4.98 Å². The van der Waals surface area contributed by atoms with Crippen LogP contribution in [0.2, 0.25) is 0 Å². The molecule has 2 aromatic rings. The van der Waals surface area contributed by atoms with Gasteiger partial charge in [0, 0.05) is 18.0 Å². The number of nitrogens with zero attached hydrogens (tertiary/aromatic N) is 2. The van der Waals surface area contributed by atoms with Gasteiger partial charge in [0.05, 0.1) is 0 Å². The first-order valence-corrected chi connectivity index (χ1v) is 6.92. The van der Waals surface area contributed by atoms with Crippen molar-refractivity contribution in [1.29, 1.82) is 0 Å². The summed E-state index contributed by atoms with van der Waals surface area (Å²) < 4.78 is 18.7. The van der Waals surface area contributed by atoms with E-state index < -0.39 is 0 Å². The van der Waals surface area contributed by atoms with E-state index in [2.05, 4.69) is 29.3 Å². The molecule has 2 rings (SSSR count). The van der Waals surface area contributed by atoms with Crippen LogP contribution in [0, 0.1) is 12.7 Å². The Labute approximate surface area is 118 Å². The number of hydrogen-bond acceptors (Lipinski definition) is 4. The fourth-order valence-corrected chi connectivity index (χ4v) is 2.00. The van der Waals surface area contributed by atoms with Crippen molar-refractivity contribution >= 4 is 0 Å². The van der Waals surface area contributed by atoms with E-state index >= 15 is 0 Å². The Bertz CT molecular complexity index is 568. The highest BCUT2D eigenvalue weighted by molar-refractivity contribution is 5.54. The van der Waals surface area contributed by atoms with Crippen molar-refractivity contribution in [3.8, 4) is 11.4 Å². The number of aryl methyl sites for hydroxylation is 2. The van der Waals surface area contributed by atoms with Gasteiger partial charge in [-0.25, -0.2) is 4.39 Å². The van der Waals surface area contributed by atoms with Crippen LogP contribution in [0.1, 0.15) is 31.7 Å². The molecule has 0 aliphatic carbocycles. The third-order valence-electron chi connectivity index (χ3n) is 3.24. The monoisotopic (exact) mass is 277 g/mol. The molecule has 108 valence electrons. The molecule has 1 heterocycles. The van der Waals surface area contributed by atoms with E-state index in [0.29, 0.717) is 28.9 Å². The highest BCUT2D eigenvalue weighted by Gasteiger charge is 2.11. The topological polar surface area (TPSA) is 51.0 Å². The number of halogens is 1. The molecule has 1 unspecified atom stereocenters. The van der Waals surface area contributed by atoms with Crippen molar-refractivity contribution in [3.63, 3.8) is 0 Å². The first-order valence-electron chi connectivity index (χ1n) is 6.92. The second kappa shape index (κ2) is 6.61. The summed E-state index contributed by atoms with van der Waals surface area (Å²) in [5, 5.41) is 7.24. The zero-order chi connectivity index (χ0) is 14.5. The molecule has 1 aromatic heterocycles. The second-order valence-corrected chi connectivity index (χ2v) is 4.97. The van der Waals surface area contributed by atoms with E-state index in [-0.39, 0.29) is 5.82 Å². The van der Waals surface area contributed by atoms with E-state index in [1.165, 1.54) is 6.07 Å². The Hall–Kier alpha value is -1.75. The Kier molecular flexibility index (Phi) is 4.84. The average molecular weight is 277 g/mol. The molecule has 0 aliphatic rings. The van der Waals surface area contributed by atoms with Gasteiger partial charge in [0.25, 0.3) is 0 Å². The van der Waals surface area contributed by atoms with Crippen LogP contribution in [0.25, 0.3) is 11.4 Å². The fourth-order valence-electron chi connectivity index (χ4n) is 2.00. The van der Waals surface area contributed by atoms with E-state index in [9.17, 15) is 4.39 Å². The van der Waals surface area contributed by atoms with E-state index in [1.807, 2.05) is 0 Å². The molecule has 0 spiro atoms. The lowest BCUT2D eigenvalue weighted by atomic mass is 10.1. The summed E-state index contributed by atoms with van der Waals surface area (Å²) in [5.74, 6) is 0.773. The van der Waals surface area contributed by atoms with Crippen molar-refractivity contribution in [2.24, 2.45) is 0 Å². The summed E-state index contributed by atoms with van der Waals surface area (Å²) >= 11 is 0. The predicted octanol–water partition coefficient (Wildman–Crippen LogP) is 3.11. The van der Waals surface area contributed by atoms with Gasteiger partial charge >= 0.3 is 0 Å².